The van der Waals surface area contributed by atoms with Gasteiger partial charge in [-0.25, -0.2) is 9.97 Å². The molecule has 5 nitrogen and oxygen atoms in total. The standard InChI is InChI=1S/C14H22N4O/c1-10-6-11(7-15-2)17-14(16-10)13-8-18-5-3-4-12(18)9-19-13/h6,12-13,15H,3-5,7-9H2,1-2H3. The van der Waals surface area contributed by atoms with Crippen LogP contribution in [0.15, 0.2) is 6.07 Å². The number of nitrogens with one attached hydrogen (secondary N) is 1. The van der Waals surface area contributed by atoms with Crippen LogP contribution in [-0.4, -0.2) is 47.7 Å². The van der Waals surface area contributed by atoms with E-state index in [-0.39, 0.29) is 6.10 Å². The summed E-state index contributed by atoms with van der Waals surface area (Å²) in [6.07, 6.45) is 2.59. The van der Waals surface area contributed by atoms with Crippen LogP contribution in [0, 0.1) is 6.92 Å². The van der Waals surface area contributed by atoms with E-state index in [1.54, 1.807) is 0 Å². The SMILES string of the molecule is CNCc1cc(C)nc(C2CN3CCCC3CO2)n1. The molecule has 2 atom stereocenters. The van der Waals surface area contributed by atoms with Crippen LogP contribution in [0.4, 0.5) is 0 Å². The van der Waals surface area contributed by atoms with Gasteiger partial charge in [0.25, 0.3) is 0 Å². The van der Waals surface area contributed by atoms with Gasteiger partial charge in [0.15, 0.2) is 5.82 Å². The minimum absolute atomic E-state index is 0.0323. The summed E-state index contributed by atoms with van der Waals surface area (Å²) in [5.41, 5.74) is 2.06. The predicted molar refractivity (Wildman–Crippen MR) is 72.8 cm³/mol. The van der Waals surface area contributed by atoms with E-state index in [0.29, 0.717) is 6.04 Å². The van der Waals surface area contributed by atoms with Crippen LogP contribution in [-0.2, 0) is 11.3 Å². The quantitative estimate of drug-likeness (QED) is 0.882. The van der Waals surface area contributed by atoms with E-state index in [1.807, 2.05) is 20.0 Å². The maximum atomic E-state index is 5.98. The highest BCUT2D eigenvalue weighted by Gasteiger charge is 2.34. The summed E-state index contributed by atoms with van der Waals surface area (Å²) in [4.78, 5) is 11.7. The molecule has 2 aliphatic heterocycles. The third kappa shape index (κ3) is 2.78. The van der Waals surface area contributed by atoms with E-state index in [9.17, 15) is 0 Å². The fourth-order valence-corrected chi connectivity index (χ4v) is 3.05. The number of morpholine rings is 1. The second-order valence-electron chi connectivity index (χ2n) is 5.50. The highest BCUT2D eigenvalue weighted by Crippen LogP contribution is 2.28. The highest BCUT2D eigenvalue weighted by atomic mass is 16.5. The lowest BCUT2D eigenvalue weighted by molar-refractivity contribution is -0.0542. The van der Waals surface area contributed by atoms with Crippen LogP contribution < -0.4 is 5.32 Å². The van der Waals surface area contributed by atoms with Crippen molar-refractivity contribution in [3.8, 4) is 0 Å². The number of ether oxygens (including phenoxy) is 1. The lowest BCUT2D eigenvalue weighted by atomic mass is 10.1. The van der Waals surface area contributed by atoms with Gasteiger partial charge in [-0.15, -0.1) is 0 Å². The summed E-state index contributed by atoms with van der Waals surface area (Å²) >= 11 is 0. The van der Waals surface area contributed by atoms with Crippen molar-refractivity contribution in [1.82, 2.24) is 20.2 Å². The molecule has 3 heterocycles. The zero-order chi connectivity index (χ0) is 13.2. The Morgan fingerprint density at radius 3 is 3.21 bits per heavy atom. The molecule has 0 bridgehead atoms. The van der Waals surface area contributed by atoms with Gasteiger partial charge in [0.2, 0.25) is 0 Å². The number of hydrogen-bond donors (Lipinski definition) is 1. The molecule has 0 amide bonds. The number of hydrogen-bond acceptors (Lipinski definition) is 5. The Balaban J connectivity index is 1.77. The Kier molecular flexibility index (Phi) is 3.77. The Labute approximate surface area is 114 Å². The van der Waals surface area contributed by atoms with Crippen molar-refractivity contribution in [2.75, 3.05) is 26.7 Å². The molecule has 0 radical (unpaired) electrons. The maximum Gasteiger partial charge on any atom is 0.158 e. The van der Waals surface area contributed by atoms with E-state index in [1.165, 1.54) is 19.4 Å². The van der Waals surface area contributed by atoms with Gasteiger partial charge in [-0.05, 0) is 39.4 Å². The molecule has 2 fully saturated rings. The Morgan fingerprint density at radius 1 is 1.47 bits per heavy atom. The molecule has 19 heavy (non-hydrogen) atoms. The number of aryl methyl sites for hydroxylation is 1. The topological polar surface area (TPSA) is 50.3 Å². The smallest absolute Gasteiger partial charge is 0.158 e. The van der Waals surface area contributed by atoms with Crippen molar-refractivity contribution in [1.29, 1.82) is 0 Å². The number of aromatic nitrogens is 2. The van der Waals surface area contributed by atoms with Crippen molar-refractivity contribution in [2.45, 2.75) is 38.5 Å². The summed E-state index contributed by atoms with van der Waals surface area (Å²) < 4.78 is 5.98. The largest absolute Gasteiger partial charge is 0.367 e. The van der Waals surface area contributed by atoms with Crippen molar-refractivity contribution < 1.29 is 4.74 Å². The molecule has 1 N–H and O–H groups in total. The van der Waals surface area contributed by atoms with Crippen molar-refractivity contribution in [3.05, 3.63) is 23.3 Å². The Bertz CT molecular complexity index is 451. The first-order chi connectivity index (χ1) is 9.26. The van der Waals surface area contributed by atoms with E-state index in [2.05, 4.69) is 20.2 Å². The van der Waals surface area contributed by atoms with Crippen LogP contribution >= 0.6 is 0 Å². The molecule has 0 aliphatic carbocycles. The van der Waals surface area contributed by atoms with Crippen LogP contribution in [0.3, 0.4) is 0 Å². The van der Waals surface area contributed by atoms with Crippen LogP contribution in [0.5, 0.6) is 0 Å². The first kappa shape index (κ1) is 13.0. The zero-order valence-corrected chi connectivity index (χ0v) is 11.7. The summed E-state index contributed by atoms with van der Waals surface area (Å²) in [7, 11) is 1.93. The summed E-state index contributed by atoms with van der Waals surface area (Å²) in [5, 5.41) is 3.14. The molecule has 104 valence electrons. The number of rotatable bonds is 3. The van der Waals surface area contributed by atoms with Gasteiger partial charge in [-0.1, -0.05) is 0 Å². The molecule has 2 aliphatic rings. The van der Waals surface area contributed by atoms with E-state index >= 15 is 0 Å². The van der Waals surface area contributed by atoms with Gasteiger partial charge in [0.1, 0.15) is 6.10 Å². The molecule has 3 rings (SSSR count). The summed E-state index contributed by atoms with van der Waals surface area (Å²) in [6, 6.07) is 2.65. The second-order valence-corrected chi connectivity index (χ2v) is 5.50. The lowest BCUT2D eigenvalue weighted by Crippen LogP contribution is -2.43. The average molecular weight is 262 g/mol. The Hall–Kier alpha value is -1.04. The Morgan fingerprint density at radius 2 is 2.37 bits per heavy atom. The fourth-order valence-electron chi connectivity index (χ4n) is 3.05. The van der Waals surface area contributed by atoms with Gasteiger partial charge in [-0.3, -0.25) is 4.90 Å². The number of nitrogens with zero attached hydrogens (tertiary/aromatic N) is 3. The van der Waals surface area contributed by atoms with E-state index in [0.717, 1.165) is 36.9 Å². The summed E-state index contributed by atoms with van der Waals surface area (Å²) in [6.45, 7) is 5.75. The molecule has 1 aromatic rings. The van der Waals surface area contributed by atoms with Crippen LogP contribution in [0.1, 0.15) is 36.2 Å². The molecule has 2 unspecified atom stereocenters. The fraction of sp³-hybridized carbons (Fsp3) is 0.714. The minimum Gasteiger partial charge on any atom is -0.367 e. The molecular weight excluding hydrogens is 240 g/mol. The van der Waals surface area contributed by atoms with Gasteiger partial charge >= 0.3 is 0 Å². The van der Waals surface area contributed by atoms with Crippen molar-refractivity contribution in [3.63, 3.8) is 0 Å². The molecular formula is C14H22N4O. The minimum atomic E-state index is 0.0323. The average Bonchev–Trinajstić information content (AvgIpc) is 2.85. The normalized spacial score (nSPS) is 27.5. The van der Waals surface area contributed by atoms with E-state index < -0.39 is 0 Å². The molecule has 2 saturated heterocycles. The van der Waals surface area contributed by atoms with E-state index in [4.69, 9.17) is 4.74 Å². The summed E-state index contributed by atoms with van der Waals surface area (Å²) in [5.74, 6) is 0.843. The highest BCUT2D eigenvalue weighted by molar-refractivity contribution is 5.12. The molecule has 0 saturated carbocycles. The first-order valence-corrected chi connectivity index (χ1v) is 7.11. The van der Waals surface area contributed by atoms with Crippen LogP contribution in [0.2, 0.25) is 0 Å². The molecule has 1 aromatic heterocycles. The van der Waals surface area contributed by atoms with Gasteiger partial charge < -0.3 is 10.1 Å². The predicted octanol–water partition coefficient (Wildman–Crippen LogP) is 1.04. The third-order valence-electron chi connectivity index (χ3n) is 3.96. The van der Waals surface area contributed by atoms with Gasteiger partial charge in [0.05, 0.1) is 12.3 Å². The molecule has 0 spiro atoms. The van der Waals surface area contributed by atoms with Crippen molar-refractivity contribution in [2.24, 2.45) is 0 Å². The van der Waals surface area contributed by atoms with Gasteiger partial charge in [-0.2, -0.15) is 0 Å². The zero-order valence-electron chi connectivity index (χ0n) is 11.7. The van der Waals surface area contributed by atoms with Crippen molar-refractivity contribution >= 4 is 0 Å². The monoisotopic (exact) mass is 262 g/mol. The maximum absolute atomic E-state index is 5.98. The van der Waals surface area contributed by atoms with Crippen LogP contribution in [0.25, 0.3) is 0 Å². The molecule has 0 aromatic carbocycles. The first-order valence-electron chi connectivity index (χ1n) is 7.11. The lowest BCUT2D eigenvalue weighted by Gasteiger charge is -2.34. The van der Waals surface area contributed by atoms with Gasteiger partial charge in [0, 0.05) is 24.8 Å². The third-order valence-corrected chi connectivity index (χ3v) is 3.96. The second kappa shape index (κ2) is 5.53. The molecule has 5 heteroatoms. The number of fused-ring (bicyclic) bond motifs is 1.